The second-order valence-corrected chi connectivity index (χ2v) is 9.16. The lowest BCUT2D eigenvalue weighted by atomic mass is 9.90. The Hall–Kier alpha value is -1.92. The highest BCUT2D eigenvalue weighted by molar-refractivity contribution is 8.16. The Labute approximate surface area is 161 Å². The number of para-hydroxylation sites is 1. The van der Waals surface area contributed by atoms with Gasteiger partial charge in [0.25, 0.3) is 0 Å². The summed E-state index contributed by atoms with van der Waals surface area (Å²) in [5.41, 5.74) is 3.63. The van der Waals surface area contributed by atoms with Crippen LogP contribution in [0, 0.1) is 0 Å². The van der Waals surface area contributed by atoms with Crippen LogP contribution in [0.3, 0.4) is 0 Å². The van der Waals surface area contributed by atoms with E-state index in [-0.39, 0.29) is 18.2 Å². The second-order valence-electron chi connectivity index (χ2n) is 6.43. The van der Waals surface area contributed by atoms with Crippen molar-refractivity contribution in [2.45, 2.75) is 23.3 Å². The van der Waals surface area contributed by atoms with Gasteiger partial charge in [0.05, 0.1) is 10.5 Å². The van der Waals surface area contributed by atoms with Gasteiger partial charge in [-0.1, -0.05) is 30.3 Å². The molecule has 0 aromatic heterocycles. The Kier molecular flexibility index (Phi) is 5.22. The van der Waals surface area contributed by atoms with E-state index in [1.54, 1.807) is 0 Å². The summed E-state index contributed by atoms with van der Waals surface area (Å²) in [6.45, 7) is 0. The van der Waals surface area contributed by atoms with Crippen molar-refractivity contribution in [2.24, 2.45) is 0 Å². The van der Waals surface area contributed by atoms with E-state index in [1.807, 2.05) is 59.9 Å². The van der Waals surface area contributed by atoms with Crippen LogP contribution in [0.25, 0.3) is 0 Å². The molecule has 6 heteroatoms. The Morgan fingerprint density at radius 2 is 1.88 bits per heavy atom. The average Bonchev–Trinajstić information content (AvgIpc) is 2.68. The van der Waals surface area contributed by atoms with Crippen LogP contribution in [0.2, 0.25) is 0 Å². The van der Waals surface area contributed by atoms with Gasteiger partial charge in [-0.05, 0) is 47.3 Å². The Morgan fingerprint density at radius 1 is 1.08 bits per heavy atom. The van der Waals surface area contributed by atoms with Gasteiger partial charge >= 0.3 is 0 Å². The van der Waals surface area contributed by atoms with E-state index >= 15 is 0 Å². The van der Waals surface area contributed by atoms with Crippen molar-refractivity contribution < 1.29 is 9.59 Å². The third-order valence-electron chi connectivity index (χ3n) is 4.57. The molecule has 0 saturated carbocycles. The summed E-state index contributed by atoms with van der Waals surface area (Å²) < 4.78 is 0.432. The number of carbonyl (C=O) groups excluding carboxylic acids is 2. The molecule has 2 aliphatic heterocycles. The van der Waals surface area contributed by atoms with Crippen LogP contribution < -0.4 is 10.6 Å². The molecule has 26 heavy (non-hydrogen) atoms. The summed E-state index contributed by atoms with van der Waals surface area (Å²) in [7, 11) is 0. The van der Waals surface area contributed by atoms with E-state index in [0.29, 0.717) is 4.58 Å². The molecular weight excluding hydrogens is 364 g/mol. The molecule has 1 saturated heterocycles. The Morgan fingerprint density at radius 3 is 2.73 bits per heavy atom. The van der Waals surface area contributed by atoms with Gasteiger partial charge in [-0.3, -0.25) is 9.59 Å². The first-order chi connectivity index (χ1) is 12.7. The van der Waals surface area contributed by atoms with Crippen LogP contribution in [-0.4, -0.2) is 23.3 Å². The lowest BCUT2D eigenvalue weighted by Gasteiger charge is -2.25. The molecule has 0 bridgehead atoms. The second kappa shape index (κ2) is 7.76. The molecule has 0 radical (unpaired) electrons. The highest BCUT2D eigenvalue weighted by Gasteiger charge is 2.30. The SMILES string of the molecule is O=C1CC(C(=O)Nc2cccc(C3SCCCS3)c2)c2ccccc2N1. The highest BCUT2D eigenvalue weighted by Crippen LogP contribution is 2.44. The maximum Gasteiger partial charge on any atom is 0.232 e. The zero-order valence-corrected chi connectivity index (χ0v) is 15.9. The standard InChI is InChI=1S/C20H20N2O2S2/c23-18-12-16(15-7-1-2-8-17(15)22-18)19(24)21-14-6-3-5-13(11-14)20-25-9-4-10-26-20/h1-3,5-8,11,16,20H,4,9-10,12H2,(H,21,24)(H,22,23). The minimum atomic E-state index is -0.456. The lowest BCUT2D eigenvalue weighted by molar-refractivity contribution is -0.123. The van der Waals surface area contributed by atoms with Gasteiger partial charge in [-0.25, -0.2) is 0 Å². The van der Waals surface area contributed by atoms with Gasteiger partial charge in [-0.2, -0.15) is 0 Å². The molecule has 1 fully saturated rings. The highest BCUT2D eigenvalue weighted by atomic mass is 32.2. The van der Waals surface area contributed by atoms with Crippen molar-refractivity contribution >= 4 is 46.7 Å². The number of thioether (sulfide) groups is 2. The minimum absolute atomic E-state index is 0.118. The number of anilines is 2. The number of nitrogens with one attached hydrogen (secondary N) is 2. The average molecular weight is 385 g/mol. The summed E-state index contributed by atoms with van der Waals surface area (Å²) in [5, 5.41) is 5.85. The summed E-state index contributed by atoms with van der Waals surface area (Å²) in [4.78, 5) is 24.8. The summed E-state index contributed by atoms with van der Waals surface area (Å²) >= 11 is 3.92. The molecule has 4 nitrogen and oxygen atoms in total. The smallest absolute Gasteiger partial charge is 0.232 e. The van der Waals surface area contributed by atoms with E-state index in [1.165, 1.54) is 23.5 Å². The maximum absolute atomic E-state index is 12.9. The van der Waals surface area contributed by atoms with Gasteiger partial charge in [0.2, 0.25) is 11.8 Å². The van der Waals surface area contributed by atoms with Crippen LogP contribution in [0.5, 0.6) is 0 Å². The van der Waals surface area contributed by atoms with E-state index < -0.39 is 5.92 Å². The van der Waals surface area contributed by atoms with Crippen molar-refractivity contribution in [2.75, 3.05) is 22.1 Å². The van der Waals surface area contributed by atoms with Gasteiger partial charge in [0.1, 0.15) is 0 Å². The van der Waals surface area contributed by atoms with Crippen molar-refractivity contribution in [3.05, 3.63) is 59.7 Å². The van der Waals surface area contributed by atoms with E-state index in [0.717, 1.165) is 16.9 Å². The largest absolute Gasteiger partial charge is 0.326 e. The molecule has 134 valence electrons. The fourth-order valence-corrected chi connectivity index (χ4v) is 6.19. The molecule has 2 amide bonds. The van der Waals surface area contributed by atoms with Crippen LogP contribution in [0.4, 0.5) is 11.4 Å². The maximum atomic E-state index is 12.9. The number of amides is 2. The van der Waals surface area contributed by atoms with Crippen LogP contribution >= 0.6 is 23.5 Å². The lowest BCUT2D eigenvalue weighted by Crippen LogP contribution is -2.30. The van der Waals surface area contributed by atoms with Gasteiger partial charge < -0.3 is 10.6 Å². The van der Waals surface area contributed by atoms with E-state index in [4.69, 9.17) is 0 Å². The fourth-order valence-electron chi connectivity index (χ4n) is 3.32. The van der Waals surface area contributed by atoms with Crippen molar-refractivity contribution in [3.63, 3.8) is 0 Å². The minimum Gasteiger partial charge on any atom is -0.326 e. The summed E-state index contributed by atoms with van der Waals surface area (Å²) in [6, 6.07) is 15.6. The molecule has 1 unspecified atom stereocenters. The quantitative estimate of drug-likeness (QED) is 0.811. The van der Waals surface area contributed by atoms with Gasteiger partial charge in [0.15, 0.2) is 0 Å². The van der Waals surface area contributed by atoms with Gasteiger partial charge in [-0.15, -0.1) is 23.5 Å². The molecule has 2 heterocycles. The first-order valence-corrected chi connectivity index (χ1v) is 10.8. The van der Waals surface area contributed by atoms with Gasteiger partial charge in [0, 0.05) is 17.8 Å². The van der Waals surface area contributed by atoms with Crippen molar-refractivity contribution in [1.82, 2.24) is 0 Å². The number of carbonyl (C=O) groups is 2. The van der Waals surface area contributed by atoms with Crippen LogP contribution in [0.15, 0.2) is 48.5 Å². The molecule has 0 aliphatic carbocycles. The topological polar surface area (TPSA) is 58.2 Å². The predicted octanol–water partition coefficient (Wildman–Crippen LogP) is 4.62. The van der Waals surface area contributed by atoms with Crippen LogP contribution in [-0.2, 0) is 9.59 Å². The van der Waals surface area contributed by atoms with Crippen LogP contribution in [0.1, 0.15) is 34.5 Å². The summed E-state index contributed by atoms with van der Waals surface area (Å²) in [5.74, 6) is 1.66. The molecular formula is C20H20N2O2S2. The normalized spacial score (nSPS) is 20.2. The monoisotopic (exact) mass is 384 g/mol. The molecule has 2 aromatic carbocycles. The third-order valence-corrected chi connectivity index (χ3v) is 7.58. The fraction of sp³-hybridized carbons (Fsp3) is 0.300. The molecule has 2 N–H and O–H groups in total. The molecule has 2 aromatic rings. The Bertz CT molecular complexity index is 834. The first-order valence-electron chi connectivity index (χ1n) is 8.73. The third kappa shape index (κ3) is 3.76. The Balaban J connectivity index is 1.52. The summed E-state index contributed by atoms with van der Waals surface area (Å²) in [6.07, 6.45) is 1.43. The number of rotatable bonds is 3. The molecule has 2 aliphatic rings. The zero-order valence-electron chi connectivity index (χ0n) is 14.2. The number of fused-ring (bicyclic) bond motifs is 1. The zero-order chi connectivity index (χ0) is 17.9. The number of benzene rings is 2. The van der Waals surface area contributed by atoms with E-state index in [9.17, 15) is 9.59 Å². The predicted molar refractivity (Wildman–Crippen MR) is 110 cm³/mol. The molecule has 4 rings (SSSR count). The number of hydrogen-bond donors (Lipinski definition) is 2. The van der Waals surface area contributed by atoms with Crippen molar-refractivity contribution in [1.29, 1.82) is 0 Å². The molecule has 1 atom stereocenters. The molecule has 0 spiro atoms. The first kappa shape index (κ1) is 17.5. The van der Waals surface area contributed by atoms with E-state index in [2.05, 4.69) is 22.8 Å². The van der Waals surface area contributed by atoms with Crippen molar-refractivity contribution in [3.8, 4) is 0 Å². The number of hydrogen-bond acceptors (Lipinski definition) is 4.